The van der Waals surface area contributed by atoms with Gasteiger partial charge in [-0.1, -0.05) is 19.4 Å². The van der Waals surface area contributed by atoms with Gasteiger partial charge in [-0.25, -0.2) is 8.42 Å². The van der Waals surface area contributed by atoms with Crippen LogP contribution < -0.4 is 14.8 Å². The molecule has 2 N–H and O–H groups in total. The summed E-state index contributed by atoms with van der Waals surface area (Å²) in [6.45, 7) is 5.57. The average Bonchev–Trinajstić information content (AvgIpc) is 2.73. The van der Waals surface area contributed by atoms with Crippen molar-refractivity contribution >= 4 is 21.6 Å². The lowest BCUT2D eigenvalue weighted by molar-refractivity contribution is 0.0940. The fourth-order valence-electron chi connectivity index (χ4n) is 2.73. The molecule has 0 radical (unpaired) electrons. The minimum Gasteiger partial charge on any atom is -0.497 e. The number of anilines is 1. The normalized spacial score (nSPS) is 11.2. The Balaban J connectivity index is 2.01. The van der Waals surface area contributed by atoms with Crippen molar-refractivity contribution in [1.82, 2.24) is 5.32 Å². The Hall–Kier alpha value is -2.58. The van der Waals surface area contributed by atoms with Crippen LogP contribution >= 0.6 is 0 Å². The fraction of sp³-hybridized carbons (Fsp3) is 0.409. The molecule has 0 bridgehead atoms. The van der Waals surface area contributed by atoms with Crippen LogP contribution in [0.3, 0.4) is 0 Å². The van der Waals surface area contributed by atoms with Gasteiger partial charge in [0.25, 0.3) is 15.9 Å². The number of methoxy groups -OCH3 is 1. The van der Waals surface area contributed by atoms with Crippen molar-refractivity contribution in [3.05, 3.63) is 53.6 Å². The average molecular weight is 435 g/mol. The highest BCUT2D eigenvalue weighted by molar-refractivity contribution is 7.92. The van der Waals surface area contributed by atoms with Gasteiger partial charge < -0.3 is 14.8 Å². The second-order valence-electron chi connectivity index (χ2n) is 6.89. The third-order valence-corrected chi connectivity index (χ3v) is 6.00. The lowest BCUT2D eigenvalue weighted by Gasteiger charge is -2.13. The number of hydrogen-bond acceptors (Lipinski definition) is 5. The van der Waals surface area contributed by atoms with Gasteiger partial charge in [0, 0.05) is 31.0 Å². The molecule has 0 unspecified atom stereocenters. The van der Waals surface area contributed by atoms with Crippen molar-refractivity contribution < 1.29 is 22.7 Å². The van der Waals surface area contributed by atoms with Crippen molar-refractivity contribution in [1.29, 1.82) is 0 Å². The van der Waals surface area contributed by atoms with Gasteiger partial charge in [-0.15, -0.1) is 0 Å². The predicted molar refractivity (Wildman–Crippen MR) is 118 cm³/mol. The molecule has 0 saturated heterocycles. The summed E-state index contributed by atoms with van der Waals surface area (Å²) in [5.74, 6) is 0.313. The van der Waals surface area contributed by atoms with E-state index in [9.17, 15) is 13.2 Å². The van der Waals surface area contributed by atoms with Crippen molar-refractivity contribution in [3.63, 3.8) is 0 Å². The maximum Gasteiger partial charge on any atom is 0.262 e. The summed E-state index contributed by atoms with van der Waals surface area (Å²) in [7, 11) is -2.31. The monoisotopic (exact) mass is 434 g/mol. The number of hydrogen-bond donors (Lipinski definition) is 2. The highest BCUT2D eigenvalue weighted by Crippen LogP contribution is 2.22. The molecule has 0 aliphatic carbocycles. The van der Waals surface area contributed by atoms with Gasteiger partial charge in [-0.2, -0.15) is 0 Å². The van der Waals surface area contributed by atoms with E-state index >= 15 is 0 Å². The van der Waals surface area contributed by atoms with Crippen LogP contribution in [0.25, 0.3) is 0 Å². The number of benzene rings is 2. The standard InChI is InChI=1S/C22H30N2O5S/c1-4-5-14-29-15-6-13-23-22(25)18-8-7-17(2)21(16-18)30(26,27)24-19-9-11-20(28-3)12-10-19/h7-12,16,24H,4-6,13-15H2,1-3H3,(H,23,25). The number of sulfonamides is 1. The van der Waals surface area contributed by atoms with Gasteiger partial charge in [0.1, 0.15) is 5.75 Å². The van der Waals surface area contributed by atoms with Crippen LogP contribution in [-0.4, -0.2) is 41.2 Å². The zero-order valence-corrected chi connectivity index (χ0v) is 18.6. The van der Waals surface area contributed by atoms with E-state index in [1.165, 1.54) is 6.07 Å². The maximum atomic E-state index is 12.8. The van der Waals surface area contributed by atoms with E-state index in [4.69, 9.17) is 9.47 Å². The first-order chi connectivity index (χ1) is 14.4. The molecule has 0 heterocycles. The molecular formula is C22H30N2O5S. The molecule has 0 atom stereocenters. The molecule has 1 amide bonds. The summed E-state index contributed by atoms with van der Waals surface area (Å²) in [6.07, 6.45) is 2.81. The van der Waals surface area contributed by atoms with E-state index in [-0.39, 0.29) is 10.8 Å². The largest absolute Gasteiger partial charge is 0.497 e. The van der Waals surface area contributed by atoms with Gasteiger partial charge in [0.2, 0.25) is 0 Å². The summed E-state index contributed by atoms with van der Waals surface area (Å²) >= 11 is 0. The minimum absolute atomic E-state index is 0.0638. The lowest BCUT2D eigenvalue weighted by Crippen LogP contribution is -2.26. The number of nitrogens with one attached hydrogen (secondary N) is 2. The number of ether oxygens (including phenoxy) is 2. The summed E-state index contributed by atoms with van der Waals surface area (Å²) < 4.78 is 38.8. The molecule has 7 nitrogen and oxygen atoms in total. The van der Waals surface area contributed by atoms with E-state index in [2.05, 4.69) is 17.0 Å². The Kier molecular flexibility index (Phi) is 9.14. The Labute approximate surface area is 178 Å². The zero-order valence-electron chi connectivity index (χ0n) is 17.7. The fourth-order valence-corrected chi connectivity index (χ4v) is 4.06. The third-order valence-electron chi connectivity index (χ3n) is 4.48. The van der Waals surface area contributed by atoms with E-state index in [1.807, 2.05) is 0 Å². The summed E-state index contributed by atoms with van der Waals surface area (Å²) in [5.41, 5.74) is 1.26. The molecule has 0 aliphatic rings. The van der Waals surface area contributed by atoms with E-state index in [0.717, 1.165) is 19.4 Å². The SMILES string of the molecule is CCCCOCCCNC(=O)c1ccc(C)c(S(=O)(=O)Nc2ccc(OC)cc2)c1. The van der Waals surface area contributed by atoms with Gasteiger partial charge in [0.15, 0.2) is 0 Å². The molecule has 2 aromatic rings. The minimum atomic E-state index is -3.85. The molecule has 164 valence electrons. The Bertz CT molecular complexity index is 927. The third kappa shape index (κ3) is 7.03. The van der Waals surface area contributed by atoms with Crippen LogP contribution in [0.15, 0.2) is 47.4 Å². The number of unbranched alkanes of at least 4 members (excludes halogenated alkanes) is 1. The highest BCUT2D eigenvalue weighted by Gasteiger charge is 2.19. The van der Waals surface area contributed by atoms with Crippen LogP contribution in [0, 0.1) is 6.92 Å². The molecule has 0 saturated carbocycles. The molecule has 30 heavy (non-hydrogen) atoms. The number of carbonyl (C=O) groups is 1. The van der Waals surface area contributed by atoms with E-state index in [1.54, 1.807) is 50.4 Å². The molecule has 2 aromatic carbocycles. The Morgan fingerprint density at radius 2 is 1.73 bits per heavy atom. The molecule has 0 spiro atoms. The van der Waals surface area contributed by atoms with Gasteiger partial charge in [0.05, 0.1) is 12.0 Å². The molecule has 0 fully saturated rings. The van der Waals surface area contributed by atoms with E-state index in [0.29, 0.717) is 42.1 Å². The molecule has 8 heteroatoms. The van der Waals surface area contributed by atoms with Crippen LogP contribution in [0.4, 0.5) is 5.69 Å². The predicted octanol–water partition coefficient (Wildman–Crippen LogP) is 3.74. The highest BCUT2D eigenvalue weighted by atomic mass is 32.2. The Morgan fingerprint density at radius 1 is 1.03 bits per heavy atom. The topological polar surface area (TPSA) is 93.7 Å². The van der Waals surface area contributed by atoms with Crippen LogP contribution in [-0.2, 0) is 14.8 Å². The van der Waals surface area contributed by atoms with Crippen molar-refractivity contribution in [2.45, 2.75) is 38.0 Å². The molecule has 0 aliphatic heterocycles. The molecule has 0 aromatic heterocycles. The van der Waals surface area contributed by atoms with E-state index < -0.39 is 10.0 Å². The molecule has 2 rings (SSSR count). The summed E-state index contributed by atoms with van der Waals surface area (Å²) in [6, 6.07) is 11.2. The first kappa shape index (κ1) is 23.7. The summed E-state index contributed by atoms with van der Waals surface area (Å²) in [4.78, 5) is 12.5. The van der Waals surface area contributed by atoms with Crippen LogP contribution in [0.2, 0.25) is 0 Å². The summed E-state index contributed by atoms with van der Waals surface area (Å²) in [5, 5.41) is 2.80. The second-order valence-corrected chi connectivity index (χ2v) is 8.54. The van der Waals surface area contributed by atoms with Gasteiger partial charge in [-0.3, -0.25) is 9.52 Å². The lowest BCUT2D eigenvalue weighted by atomic mass is 10.1. The Morgan fingerprint density at radius 3 is 2.40 bits per heavy atom. The molecular weight excluding hydrogens is 404 g/mol. The van der Waals surface area contributed by atoms with Crippen LogP contribution in [0.1, 0.15) is 42.1 Å². The van der Waals surface area contributed by atoms with Crippen molar-refractivity contribution in [2.75, 3.05) is 31.6 Å². The zero-order chi connectivity index (χ0) is 22.0. The first-order valence-electron chi connectivity index (χ1n) is 10.0. The first-order valence-corrected chi connectivity index (χ1v) is 11.5. The van der Waals surface area contributed by atoms with Crippen molar-refractivity contribution in [2.24, 2.45) is 0 Å². The van der Waals surface area contributed by atoms with Gasteiger partial charge in [-0.05, 0) is 61.7 Å². The smallest absolute Gasteiger partial charge is 0.262 e. The number of rotatable bonds is 12. The second kappa shape index (κ2) is 11.6. The van der Waals surface area contributed by atoms with Crippen molar-refractivity contribution in [3.8, 4) is 5.75 Å². The van der Waals surface area contributed by atoms with Gasteiger partial charge >= 0.3 is 0 Å². The number of aryl methyl sites for hydroxylation is 1. The maximum absolute atomic E-state index is 12.8. The van der Waals surface area contributed by atoms with Crippen LogP contribution in [0.5, 0.6) is 5.75 Å². The number of carbonyl (C=O) groups excluding carboxylic acids is 1. The quantitative estimate of drug-likeness (QED) is 0.496. The number of amides is 1.